The number of rotatable bonds is 6. The summed E-state index contributed by atoms with van der Waals surface area (Å²) in [5.41, 5.74) is 1.26. The van der Waals surface area contributed by atoms with Crippen LogP contribution in [0.4, 0.5) is 0 Å². The predicted octanol–water partition coefficient (Wildman–Crippen LogP) is 3.05. The van der Waals surface area contributed by atoms with Crippen molar-refractivity contribution in [3.8, 4) is 0 Å². The molecule has 0 spiro atoms. The zero-order valence-electron chi connectivity index (χ0n) is 11.0. The van der Waals surface area contributed by atoms with Crippen molar-refractivity contribution in [2.45, 2.75) is 26.4 Å². The van der Waals surface area contributed by atoms with Gasteiger partial charge in [0.25, 0.3) is 0 Å². The Labute approximate surface area is 113 Å². The van der Waals surface area contributed by atoms with E-state index in [1.807, 2.05) is 0 Å². The molecule has 2 aromatic rings. The number of aliphatic hydroxyl groups is 1. The molecular formula is C15H21NOS. The van der Waals surface area contributed by atoms with Crippen LogP contribution in [0.5, 0.6) is 0 Å². The van der Waals surface area contributed by atoms with Crippen LogP contribution >= 0.6 is 11.3 Å². The SMILES string of the molecule is CC(C)CNCC(O)Cc1csc2ccccc12. The van der Waals surface area contributed by atoms with Crippen LogP contribution in [0.25, 0.3) is 10.1 Å². The monoisotopic (exact) mass is 263 g/mol. The Morgan fingerprint density at radius 3 is 2.78 bits per heavy atom. The van der Waals surface area contributed by atoms with Crippen LogP contribution in [0.1, 0.15) is 19.4 Å². The van der Waals surface area contributed by atoms with E-state index in [0.29, 0.717) is 12.5 Å². The highest BCUT2D eigenvalue weighted by Crippen LogP contribution is 2.26. The Balaban J connectivity index is 1.92. The molecule has 1 aromatic heterocycles. The molecule has 1 heterocycles. The lowest BCUT2D eigenvalue weighted by Gasteiger charge is -2.12. The third kappa shape index (κ3) is 3.55. The summed E-state index contributed by atoms with van der Waals surface area (Å²) in [4.78, 5) is 0. The minimum Gasteiger partial charge on any atom is -0.391 e. The first-order chi connectivity index (χ1) is 8.66. The fourth-order valence-electron chi connectivity index (χ4n) is 2.06. The molecule has 1 unspecified atom stereocenters. The summed E-state index contributed by atoms with van der Waals surface area (Å²) in [7, 11) is 0. The standard InChI is InChI=1S/C15H21NOS/c1-11(2)8-16-9-13(17)7-12-10-18-15-6-4-3-5-14(12)15/h3-6,10-11,13,16-17H,7-9H2,1-2H3. The summed E-state index contributed by atoms with van der Waals surface area (Å²) in [5.74, 6) is 0.624. The maximum Gasteiger partial charge on any atom is 0.0705 e. The Morgan fingerprint density at radius 1 is 1.22 bits per heavy atom. The molecule has 18 heavy (non-hydrogen) atoms. The smallest absolute Gasteiger partial charge is 0.0705 e. The van der Waals surface area contributed by atoms with Gasteiger partial charge in [0, 0.05) is 17.7 Å². The number of thiophene rings is 1. The van der Waals surface area contributed by atoms with E-state index in [1.165, 1.54) is 15.6 Å². The maximum absolute atomic E-state index is 10.0. The van der Waals surface area contributed by atoms with Crippen molar-refractivity contribution in [3.63, 3.8) is 0 Å². The Morgan fingerprint density at radius 2 is 2.00 bits per heavy atom. The second-order valence-electron chi connectivity index (χ2n) is 5.17. The second-order valence-corrected chi connectivity index (χ2v) is 6.08. The number of aliphatic hydroxyl groups excluding tert-OH is 1. The number of nitrogens with one attached hydrogen (secondary N) is 1. The summed E-state index contributed by atoms with van der Waals surface area (Å²) < 4.78 is 1.30. The lowest BCUT2D eigenvalue weighted by molar-refractivity contribution is 0.171. The zero-order valence-corrected chi connectivity index (χ0v) is 11.8. The van der Waals surface area contributed by atoms with Crippen LogP contribution in [0.15, 0.2) is 29.6 Å². The van der Waals surface area contributed by atoms with E-state index in [1.54, 1.807) is 11.3 Å². The van der Waals surface area contributed by atoms with Gasteiger partial charge in [0.2, 0.25) is 0 Å². The van der Waals surface area contributed by atoms with Crippen LogP contribution in [-0.4, -0.2) is 24.3 Å². The number of fused-ring (bicyclic) bond motifs is 1. The van der Waals surface area contributed by atoms with Crippen LogP contribution < -0.4 is 5.32 Å². The van der Waals surface area contributed by atoms with E-state index in [2.05, 4.69) is 48.8 Å². The summed E-state index contributed by atoms with van der Waals surface area (Å²) in [6, 6.07) is 8.38. The van der Waals surface area contributed by atoms with Crippen LogP contribution in [-0.2, 0) is 6.42 Å². The van der Waals surface area contributed by atoms with Crippen molar-refractivity contribution >= 4 is 21.4 Å². The molecule has 2 nitrogen and oxygen atoms in total. The molecule has 3 heteroatoms. The first kappa shape index (κ1) is 13.5. The average Bonchev–Trinajstić information content (AvgIpc) is 2.72. The van der Waals surface area contributed by atoms with Crippen LogP contribution in [0, 0.1) is 5.92 Å². The van der Waals surface area contributed by atoms with Gasteiger partial charge in [-0.05, 0) is 34.9 Å². The molecule has 2 N–H and O–H groups in total. The van der Waals surface area contributed by atoms with Gasteiger partial charge in [0.15, 0.2) is 0 Å². The van der Waals surface area contributed by atoms with Gasteiger partial charge in [-0.3, -0.25) is 0 Å². The summed E-state index contributed by atoms with van der Waals surface area (Å²) in [6.07, 6.45) is 0.427. The minimum atomic E-state index is -0.304. The fourth-order valence-corrected chi connectivity index (χ4v) is 3.03. The first-order valence-corrected chi connectivity index (χ1v) is 7.38. The molecule has 0 bridgehead atoms. The summed E-state index contributed by atoms with van der Waals surface area (Å²) in [5, 5.41) is 16.8. The van der Waals surface area contributed by atoms with Gasteiger partial charge < -0.3 is 10.4 Å². The quantitative estimate of drug-likeness (QED) is 0.839. The van der Waals surface area contributed by atoms with Crippen molar-refractivity contribution in [3.05, 3.63) is 35.2 Å². The normalized spacial score (nSPS) is 13.3. The molecule has 0 radical (unpaired) electrons. The van der Waals surface area contributed by atoms with Gasteiger partial charge in [-0.1, -0.05) is 32.0 Å². The molecule has 0 aliphatic heterocycles. The Bertz CT molecular complexity index is 492. The highest BCUT2D eigenvalue weighted by atomic mass is 32.1. The second kappa shape index (κ2) is 6.32. The van der Waals surface area contributed by atoms with E-state index >= 15 is 0 Å². The molecule has 0 fully saturated rings. The third-order valence-electron chi connectivity index (χ3n) is 2.95. The highest BCUT2D eigenvalue weighted by Gasteiger charge is 2.09. The van der Waals surface area contributed by atoms with Crippen molar-refractivity contribution in [1.82, 2.24) is 5.32 Å². The fraction of sp³-hybridized carbons (Fsp3) is 0.467. The van der Waals surface area contributed by atoms with Gasteiger partial charge in [0.1, 0.15) is 0 Å². The molecule has 0 aliphatic rings. The minimum absolute atomic E-state index is 0.304. The van der Waals surface area contributed by atoms with Crippen LogP contribution in [0.3, 0.4) is 0 Å². The molecule has 0 saturated heterocycles. The van der Waals surface area contributed by atoms with Crippen molar-refractivity contribution in [2.24, 2.45) is 5.92 Å². The maximum atomic E-state index is 10.0. The highest BCUT2D eigenvalue weighted by molar-refractivity contribution is 7.17. The molecule has 0 aliphatic carbocycles. The summed E-state index contributed by atoms with van der Waals surface area (Å²) >= 11 is 1.75. The lowest BCUT2D eigenvalue weighted by Crippen LogP contribution is -2.30. The summed E-state index contributed by atoms with van der Waals surface area (Å²) in [6.45, 7) is 5.97. The van der Waals surface area contributed by atoms with Gasteiger partial charge in [0.05, 0.1) is 6.10 Å². The topological polar surface area (TPSA) is 32.3 Å². The van der Waals surface area contributed by atoms with Gasteiger partial charge in [-0.15, -0.1) is 11.3 Å². The lowest BCUT2D eigenvalue weighted by atomic mass is 10.1. The van der Waals surface area contributed by atoms with Crippen molar-refractivity contribution in [1.29, 1.82) is 0 Å². The molecule has 0 amide bonds. The van der Waals surface area contributed by atoms with Crippen LogP contribution in [0.2, 0.25) is 0 Å². The van der Waals surface area contributed by atoms with E-state index in [0.717, 1.165) is 13.0 Å². The van der Waals surface area contributed by atoms with E-state index in [9.17, 15) is 5.11 Å². The molecular weight excluding hydrogens is 242 g/mol. The molecule has 0 saturated carbocycles. The molecule has 1 aromatic carbocycles. The molecule has 1 atom stereocenters. The Kier molecular flexibility index (Phi) is 4.75. The van der Waals surface area contributed by atoms with Crippen molar-refractivity contribution < 1.29 is 5.11 Å². The largest absolute Gasteiger partial charge is 0.391 e. The number of benzene rings is 1. The average molecular weight is 263 g/mol. The predicted molar refractivity (Wildman–Crippen MR) is 79.2 cm³/mol. The van der Waals surface area contributed by atoms with E-state index < -0.39 is 0 Å². The zero-order chi connectivity index (χ0) is 13.0. The van der Waals surface area contributed by atoms with E-state index in [4.69, 9.17) is 0 Å². The number of hydrogen-bond donors (Lipinski definition) is 2. The third-order valence-corrected chi connectivity index (χ3v) is 3.96. The van der Waals surface area contributed by atoms with Gasteiger partial charge in [-0.25, -0.2) is 0 Å². The van der Waals surface area contributed by atoms with E-state index in [-0.39, 0.29) is 6.10 Å². The number of hydrogen-bond acceptors (Lipinski definition) is 3. The molecule has 2 rings (SSSR count). The first-order valence-electron chi connectivity index (χ1n) is 6.50. The molecule has 98 valence electrons. The van der Waals surface area contributed by atoms with Gasteiger partial charge >= 0.3 is 0 Å². The van der Waals surface area contributed by atoms with Crippen molar-refractivity contribution in [2.75, 3.05) is 13.1 Å². The van der Waals surface area contributed by atoms with Gasteiger partial charge in [-0.2, -0.15) is 0 Å². The Hall–Kier alpha value is -0.900.